The van der Waals surface area contributed by atoms with Crippen LogP contribution in [0.4, 0.5) is 0 Å². The molecule has 1 saturated heterocycles. The maximum atomic E-state index is 5.87. The van der Waals surface area contributed by atoms with Crippen molar-refractivity contribution in [3.63, 3.8) is 0 Å². The zero-order valence-electron chi connectivity index (χ0n) is 8.34. The van der Waals surface area contributed by atoms with Gasteiger partial charge in [-0.1, -0.05) is 11.6 Å². The van der Waals surface area contributed by atoms with Gasteiger partial charge in [-0.2, -0.15) is 11.8 Å². The Kier molecular flexibility index (Phi) is 3.12. The highest BCUT2D eigenvalue weighted by Gasteiger charge is 2.38. The van der Waals surface area contributed by atoms with Gasteiger partial charge in [0.05, 0.1) is 4.34 Å². The van der Waals surface area contributed by atoms with Crippen molar-refractivity contribution in [2.24, 2.45) is 0 Å². The first-order valence-corrected chi connectivity index (χ1v) is 6.92. The van der Waals surface area contributed by atoms with E-state index in [0.717, 1.165) is 10.9 Å². The molecule has 78 valence electrons. The van der Waals surface area contributed by atoms with Gasteiger partial charge in [-0.25, -0.2) is 0 Å². The highest BCUT2D eigenvalue weighted by atomic mass is 35.5. The number of halogens is 1. The Balaban J connectivity index is 1.83. The van der Waals surface area contributed by atoms with Crippen LogP contribution in [0.25, 0.3) is 0 Å². The van der Waals surface area contributed by atoms with E-state index in [2.05, 4.69) is 24.5 Å². The third kappa shape index (κ3) is 2.27. The Morgan fingerprint density at radius 3 is 2.86 bits per heavy atom. The lowest BCUT2D eigenvalue weighted by Gasteiger charge is -2.44. The summed E-state index contributed by atoms with van der Waals surface area (Å²) in [5.74, 6) is 1.23. The van der Waals surface area contributed by atoms with Crippen LogP contribution in [-0.2, 0) is 6.54 Å². The molecule has 0 aliphatic carbocycles. The van der Waals surface area contributed by atoms with Gasteiger partial charge in [0.25, 0.3) is 0 Å². The van der Waals surface area contributed by atoms with Crippen LogP contribution in [0.2, 0.25) is 4.34 Å². The van der Waals surface area contributed by atoms with E-state index >= 15 is 0 Å². The number of hydrogen-bond donors (Lipinski definition) is 1. The molecule has 0 saturated carbocycles. The molecule has 1 atom stereocenters. The van der Waals surface area contributed by atoms with Gasteiger partial charge in [0.2, 0.25) is 0 Å². The molecule has 0 aromatic carbocycles. The zero-order chi connectivity index (χ0) is 10.2. The third-order valence-electron chi connectivity index (χ3n) is 2.64. The molecule has 1 N–H and O–H groups in total. The third-order valence-corrected chi connectivity index (χ3v) is 5.30. The van der Waals surface area contributed by atoms with Crippen LogP contribution in [0.5, 0.6) is 0 Å². The quantitative estimate of drug-likeness (QED) is 0.879. The molecule has 4 heteroatoms. The minimum atomic E-state index is 0.403. The van der Waals surface area contributed by atoms with Crippen molar-refractivity contribution in [1.29, 1.82) is 0 Å². The van der Waals surface area contributed by atoms with Crippen LogP contribution in [0.1, 0.15) is 19.4 Å². The molecule has 1 aromatic heterocycles. The van der Waals surface area contributed by atoms with Crippen LogP contribution in [-0.4, -0.2) is 16.5 Å². The Morgan fingerprint density at radius 1 is 1.64 bits per heavy atom. The molecule has 2 heterocycles. The minimum Gasteiger partial charge on any atom is -0.308 e. The van der Waals surface area contributed by atoms with Crippen molar-refractivity contribution < 1.29 is 0 Å². The molecule has 14 heavy (non-hydrogen) atoms. The standard InChI is InChI=1S/C10H14ClNS2/c1-10(2)8(6-14-10)12-4-7-3-9(11)13-5-7/h3,5,8,12H,4,6H2,1-2H3. The molecule has 1 nitrogen and oxygen atoms in total. The molecule has 0 spiro atoms. The monoisotopic (exact) mass is 247 g/mol. The molecular weight excluding hydrogens is 234 g/mol. The van der Waals surface area contributed by atoms with E-state index in [0.29, 0.717) is 10.8 Å². The lowest BCUT2D eigenvalue weighted by molar-refractivity contribution is 0.436. The summed E-state index contributed by atoms with van der Waals surface area (Å²) in [5, 5.41) is 5.69. The van der Waals surface area contributed by atoms with Gasteiger partial charge >= 0.3 is 0 Å². The van der Waals surface area contributed by atoms with Crippen molar-refractivity contribution in [3.05, 3.63) is 21.3 Å². The van der Waals surface area contributed by atoms with Crippen LogP contribution in [0.3, 0.4) is 0 Å². The van der Waals surface area contributed by atoms with Gasteiger partial charge in [-0.15, -0.1) is 11.3 Å². The van der Waals surface area contributed by atoms with Crippen molar-refractivity contribution in [2.45, 2.75) is 31.2 Å². The molecule has 1 aliphatic rings. The number of rotatable bonds is 3. The largest absolute Gasteiger partial charge is 0.308 e. The SMILES string of the molecule is CC1(C)SCC1NCc1csc(Cl)c1. The second kappa shape index (κ2) is 4.05. The molecule has 0 radical (unpaired) electrons. The molecule has 1 aromatic rings. The molecule has 1 aliphatic heterocycles. The fourth-order valence-electron chi connectivity index (χ4n) is 1.48. The van der Waals surface area contributed by atoms with Crippen LogP contribution in [0, 0.1) is 0 Å². The molecule has 0 amide bonds. The fraction of sp³-hybridized carbons (Fsp3) is 0.600. The Labute approximate surface area is 98.2 Å². The van der Waals surface area contributed by atoms with Gasteiger partial charge in [-0.05, 0) is 30.9 Å². The summed E-state index contributed by atoms with van der Waals surface area (Å²) in [4.78, 5) is 0. The Bertz CT molecular complexity index is 322. The van der Waals surface area contributed by atoms with E-state index in [1.165, 1.54) is 11.3 Å². The van der Waals surface area contributed by atoms with Gasteiger partial charge in [0, 0.05) is 23.1 Å². The van der Waals surface area contributed by atoms with Gasteiger partial charge in [0.1, 0.15) is 0 Å². The number of thioether (sulfide) groups is 1. The smallest absolute Gasteiger partial charge is 0.0931 e. The van der Waals surface area contributed by atoms with Crippen LogP contribution >= 0.6 is 34.7 Å². The number of thiophene rings is 1. The Morgan fingerprint density at radius 2 is 2.43 bits per heavy atom. The van der Waals surface area contributed by atoms with E-state index in [-0.39, 0.29) is 0 Å². The first-order valence-electron chi connectivity index (χ1n) is 4.68. The van der Waals surface area contributed by atoms with E-state index < -0.39 is 0 Å². The summed E-state index contributed by atoms with van der Waals surface area (Å²) in [6.45, 7) is 5.52. The first kappa shape index (κ1) is 10.8. The topological polar surface area (TPSA) is 12.0 Å². The summed E-state index contributed by atoms with van der Waals surface area (Å²) in [6, 6.07) is 2.68. The number of hydrogen-bond acceptors (Lipinski definition) is 3. The molecular formula is C10H14ClNS2. The summed E-state index contributed by atoms with van der Waals surface area (Å²) in [5.41, 5.74) is 1.30. The lowest BCUT2D eigenvalue weighted by Crippen LogP contribution is -2.54. The van der Waals surface area contributed by atoms with Gasteiger partial charge in [0.15, 0.2) is 0 Å². The lowest BCUT2D eigenvalue weighted by atomic mass is 10.0. The fourth-order valence-corrected chi connectivity index (χ4v) is 3.59. The summed E-state index contributed by atoms with van der Waals surface area (Å²) >= 11 is 9.49. The summed E-state index contributed by atoms with van der Waals surface area (Å²) < 4.78 is 1.28. The summed E-state index contributed by atoms with van der Waals surface area (Å²) in [6.07, 6.45) is 0. The zero-order valence-corrected chi connectivity index (χ0v) is 10.7. The van der Waals surface area contributed by atoms with Gasteiger partial charge < -0.3 is 5.32 Å². The van der Waals surface area contributed by atoms with Crippen LogP contribution in [0.15, 0.2) is 11.4 Å². The second-order valence-corrected chi connectivity index (χ2v) is 7.32. The minimum absolute atomic E-state index is 0.403. The van der Waals surface area contributed by atoms with E-state index in [1.54, 1.807) is 11.3 Å². The maximum absolute atomic E-state index is 5.87. The van der Waals surface area contributed by atoms with E-state index in [1.807, 2.05) is 17.8 Å². The highest BCUT2D eigenvalue weighted by molar-refractivity contribution is 8.02. The molecule has 0 bridgehead atoms. The summed E-state index contributed by atoms with van der Waals surface area (Å²) in [7, 11) is 0. The maximum Gasteiger partial charge on any atom is 0.0931 e. The Hall–Kier alpha value is 0.300. The van der Waals surface area contributed by atoms with E-state index in [9.17, 15) is 0 Å². The highest BCUT2D eigenvalue weighted by Crippen LogP contribution is 2.40. The van der Waals surface area contributed by atoms with Crippen molar-refractivity contribution in [1.82, 2.24) is 5.32 Å². The predicted octanol–water partition coefficient (Wildman–Crippen LogP) is 3.39. The second-order valence-electron chi connectivity index (χ2n) is 4.11. The predicted molar refractivity (Wildman–Crippen MR) is 66.5 cm³/mol. The van der Waals surface area contributed by atoms with Gasteiger partial charge in [-0.3, -0.25) is 0 Å². The van der Waals surface area contributed by atoms with Crippen molar-refractivity contribution >= 4 is 34.7 Å². The molecule has 2 rings (SSSR count). The molecule has 1 fully saturated rings. The van der Waals surface area contributed by atoms with Crippen molar-refractivity contribution in [2.75, 3.05) is 5.75 Å². The van der Waals surface area contributed by atoms with E-state index in [4.69, 9.17) is 11.6 Å². The van der Waals surface area contributed by atoms with Crippen LogP contribution < -0.4 is 5.32 Å². The average Bonchev–Trinajstić information content (AvgIpc) is 2.50. The normalized spacial score (nSPS) is 24.6. The molecule has 1 unspecified atom stereocenters. The first-order chi connectivity index (χ1) is 6.58. The van der Waals surface area contributed by atoms with Crippen molar-refractivity contribution in [3.8, 4) is 0 Å². The number of nitrogens with one attached hydrogen (secondary N) is 1. The average molecular weight is 248 g/mol.